The first-order valence-corrected chi connectivity index (χ1v) is 5.13. The van der Waals surface area contributed by atoms with Crippen LogP contribution in [0.2, 0.25) is 0 Å². The molecule has 0 rings (SSSR count). The van der Waals surface area contributed by atoms with Crippen molar-refractivity contribution in [2.45, 2.75) is 20.0 Å². The van der Waals surface area contributed by atoms with Crippen molar-refractivity contribution in [3.8, 4) is 47.9 Å². The summed E-state index contributed by atoms with van der Waals surface area (Å²) in [6, 6.07) is 0. The van der Waals surface area contributed by atoms with Gasteiger partial charge in [-0.2, -0.15) is 0 Å². The highest BCUT2D eigenvalue weighted by Crippen LogP contribution is 1.93. The first kappa shape index (κ1) is 15.2. The van der Waals surface area contributed by atoms with Crippen LogP contribution in [0, 0.1) is 47.9 Å². The highest BCUT2D eigenvalue weighted by atomic mass is 16.5. The molecule has 0 aromatic carbocycles. The highest BCUT2D eigenvalue weighted by Gasteiger charge is 1.97. The van der Waals surface area contributed by atoms with Gasteiger partial charge in [0.15, 0.2) is 0 Å². The molecule has 0 aromatic rings. The van der Waals surface area contributed by atoms with Crippen molar-refractivity contribution in [1.29, 1.82) is 0 Å². The normalized spacial score (nSPS) is 10.1. The number of ether oxygens (including phenoxy) is 1. The largest absolute Gasteiger partial charge is 0.459 e. The van der Waals surface area contributed by atoms with Gasteiger partial charge < -0.3 is 4.74 Å². The van der Waals surface area contributed by atoms with Gasteiger partial charge in [-0.15, -0.1) is 6.42 Å². The lowest BCUT2D eigenvalue weighted by atomic mass is 10.3. The first-order chi connectivity index (χ1) is 8.66. The molecule has 1 atom stereocenters. The highest BCUT2D eigenvalue weighted by molar-refractivity contribution is 5.66. The molecule has 0 heterocycles. The van der Waals surface area contributed by atoms with Crippen LogP contribution < -0.4 is 0 Å². The fourth-order valence-corrected chi connectivity index (χ4v) is 0.833. The second-order valence-electron chi connectivity index (χ2n) is 2.97. The van der Waals surface area contributed by atoms with E-state index in [0.717, 1.165) is 0 Å². The minimum Gasteiger partial charge on any atom is -0.459 e. The van der Waals surface area contributed by atoms with Gasteiger partial charge in [-0.05, 0) is 54.6 Å². The minimum absolute atomic E-state index is 0.251. The Morgan fingerprint density at radius 1 is 1.17 bits per heavy atom. The maximum absolute atomic E-state index is 10.6. The molecular weight excluding hydrogens is 224 g/mol. The summed E-state index contributed by atoms with van der Waals surface area (Å²) in [6.45, 7) is 3.14. The Morgan fingerprint density at radius 3 is 2.50 bits per heavy atom. The topological polar surface area (TPSA) is 26.3 Å². The van der Waals surface area contributed by atoms with E-state index in [-0.39, 0.29) is 12.1 Å². The zero-order chi connectivity index (χ0) is 13.6. The number of hydrogen-bond donors (Lipinski definition) is 0. The van der Waals surface area contributed by atoms with Crippen LogP contribution in [0.4, 0.5) is 0 Å². The lowest BCUT2D eigenvalue weighted by molar-refractivity contribution is -0.143. The average Bonchev–Trinajstić information content (AvgIpc) is 2.30. The predicted octanol–water partition coefficient (Wildman–Crippen LogP) is 1.69. The average molecular weight is 236 g/mol. The zero-order valence-corrected chi connectivity index (χ0v) is 10.3. The third-order valence-corrected chi connectivity index (χ3v) is 1.42. The molecule has 0 saturated carbocycles. The Hall–Kier alpha value is -2.81. The van der Waals surface area contributed by atoms with Gasteiger partial charge in [0.25, 0.3) is 0 Å². The molecule has 0 bridgehead atoms. The number of hydrogen-bond acceptors (Lipinski definition) is 2. The Morgan fingerprint density at radius 2 is 1.83 bits per heavy atom. The smallest absolute Gasteiger partial charge is 0.303 e. The van der Waals surface area contributed by atoms with E-state index in [2.05, 4.69) is 41.4 Å². The fourth-order valence-electron chi connectivity index (χ4n) is 0.833. The predicted molar refractivity (Wildman–Crippen MR) is 71.7 cm³/mol. The maximum atomic E-state index is 10.6. The molecule has 88 valence electrons. The Labute approximate surface area is 108 Å². The Kier molecular flexibility index (Phi) is 9.03. The summed E-state index contributed by atoms with van der Waals surface area (Å²) in [7, 11) is 0. The molecule has 0 aromatic heterocycles. The van der Waals surface area contributed by atoms with Crippen molar-refractivity contribution >= 4 is 5.97 Å². The molecule has 0 amide bonds. The quantitative estimate of drug-likeness (QED) is 0.423. The van der Waals surface area contributed by atoms with Crippen molar-refractivity contribution in [1.82, 2.24) is 0 Å². The van der Waals surface area contributed by atoms with Crippen LogP contribution in [0.3, 0.4) is 0 Å². The van der Waals surface area contributed by atoms with Crippen molar-refractivity contribution in [3.63, 3.8) is 0 Å². The monoisotopic (exact) mass is 236 g/mol. The van der Waals surface area contributed by atoms with E-state index in [1.165, 1.54) is 6.92 Å². The Bertz CT molecular complexity index is 552. The summed E-state index contributed by atoms with van der Waals surface area (Å²) >= 11 is 0. The number of carbonyl (C=O) groups is 1. The minimum atomic E-state index is -0.306. The molecule has 0 aliphatic rings. The molecule has 0 N–H and O–H groups in total. The maximum Gasteiger partial charge on any atom is 0.303 e. The van der Waals surface area contributed by atoms with Gasteiger partial charge >= 0.3 is 5.97 Å². The van der Waals surface area contributed by atoms with Gasteiger partial charge in [0.05, 0.1) is 0 Å². The summed E-state index contributed by atoms with van der Waals surface area (Å²) in [5.74, 6) is 16.9. The SMILES string of the molecule is C#CC#CC#CC#C/C=C/C=C/C(C)OC(C)=O. The molecule has 2 nitrogen and oxygen atoms in total. The van der Waals surface area contributed by atoms with Gasteiger partial charge in [0.1, 0.15) is 6.10 Å². The molecule has 0 aliphatic carbocycles. The van der Waals surface area contributed by atoms with Crippen LogP contribution in [0.25, 0.3) is 0 Å². The Balaban J connectivity index is 4.08. The number of rotatable bonds is 3. The van der Waals surface area contributed by atoms with Crippen molar-refractivity contribution in [2.75, 3.05) is 0 Å². The first-order valence-electron chi connectivity index (χ1n) is 5.13. The number of esters is 1. The standard InChI is InChI=1S/C16H12O2/c1-4-5-6-7-8-9-10-11-12-13-14-15(2)18-16(3)17/h1,11-15H,2-3H3/b12-11+,14-13+. The molecule has 2 heteroatoms. The molecule has 0 aliphatic heterocycles. The van der Waals surface area contributed by atoms with E-state index in [9.17, 15) is 4.79 Å². The molecule has 0 saturated heterocycles. The van der Waals surface area contributed by atoms with Gasteiger partial charge in [0, 0.05) is 6.92 Å². The number of terminal acetylenes is 1. The van der Waals surface area contributed by atoms with Crippen LogP contribution in [0.1, 0.15) is 13.8 Å². The zero-order valence-electron chi connectivity index (χ0n) is 10.3. The molecule has 1 unspecified atom stereocenters. The van der Waals surface area contributed by atoms with E-state index in [4.69, 9.17) is 11.2 Å². The number of allylic oxidation sites excluding steroid dienone is 3. The van der Waals surface area contributed by atoms with Gasteiger partial charge in [-0.3, -0.25) is 4.79 Å². The van der Waals surface area contributed by atoms with Gasteiger partial charge in [-0.1, -0.05) is 18.1 Å². The lowest BCUT2D eigenvalue weighted by Crippen LogP contribution is -2.08. The summed E-state index contributed by atoms with van der Waals surface area (Å²) in [6.07, 6.45) is 11.5. The fraction of sp³-hybridized carbons (Fsp3) is 0.188. The number of carbonyl (C=O) groups excluding carboxylic acids is 1. The van der Waals surface area contributed by atoms with Gasteiger partial charge in [-0.25, -0.2) is 0 Å². The van der Waals surface area contributed by atoms with Crippen LogP contribution >= 0.6 is 0 Å². The van der Waals surface area contributed by atoms with Crippen molar-refractivity contribution in [2.24, 2.45) is 0 Å². The third-order valence-electron chi connectivity index (χ3n) is 1.42. The second kappa shape index (κ2) is 10.7. The molecule has 0 spiro atoms. The van der Waals surface area contributed by atoms with Crippen LogP contribution in [0.15, 0.2) is 24.3 Å². The lowest BCUT2D eigenvalue weighted by Gasteiger charge is -2.04. The summed E-state index contributed by atoms with van der Waals surface area (Å²) in [5, 5.41) is 0. The molecule has 18 heavy (non-hydrogen) atoms. The van der Waals surface area contributed by atoms with Crippen LogP contribution in [-0.4, -0.2) is 12.1 Å². The molecule has 0 fully saturated rings. The third kappa shape index (κ3) is 11.3. The van der Waals surface area contributed by atoms with E-state index in [0.29, 0.717) is 0 Å². The molecular formula is C16H12O2. The van der Waals surface area contributed by atoms with E-state index < -0.39 is 0 Å². The van der Waals surface area contributed by atoms with E-state index in [1.54, 1.807) is 31.2 Å². The van der Waals surface area contributed by atoms with E-state index >= 15 is 0 Å². The van der Waals surface area contributed by atoms with Crippen molar-refractivity contribution in [3.05, 3.63) is 24.3 Å². The second-order valence-corrected chi connectivity index (χ2v) is 2.97. The van der Waals surface area contributed by atoms with Crippen LogP contribution in [0.5, 0.6) is 0 Å². The van der Waals surface area contributed by atoms with Crippen LogP contribution in [-0.2, 0) is 9.53 Å². The summed E-state index contributed by atoms with van der Waals surface area (Å²) in [4.78, 5) is 10.6. The summed E-state index contributed by atoms with van der Waals surface area (Å²) in [5.41, 5.74) is 0. The van der Waals surface area contributed by atoms with Crippen molar-refractivity contribution < 1.29 is 9.53 Å². The van der Waals surface area contributed by atoms with E-state index in [1.807, 2.05) is 0 Å². The summed E-state index contributed by atoms with van der Waals surface area (Å²) < 4.78 is 4.88. The molecule has 0 radical (unpaired) electrons. The van der Waals surface area contributed by atoms with Gasteiger partial charge in [0.2, 0.25) is 0 Å².